The van der Waals surface area contributed by atoms with Crippen LogP contribution in [0, 0.1) is 5.41 Å². The van der Waals surface area contributed by atoms with Crippen molar-refractivity contribution in [3.63, 3.8) is 0 Å². The van der Waals surface area contributed by atoms with Crippen LogP contribution in [-0.2, 0) is 0 Å². The Morgan fingerprint density at radius 2 is 1.06 bits per heavy atom. The highest BCUT2D eigenvalue weighted by Gasteiger charge is 2.11. The Balaban J connectivity index is -0.000000277. The summed E-state index contributed by atoms with van der Waals surface area (Å²) in [5.41, 5.74) is 0.542. The summed E-state index contributed by atoms with van der Waals surface area (Å²) in [6.45, 7) is 16.2. The van der Waals surface area contributed by atoms with Crippen LogP contribution in [0.1, 0.15) is 73.6 Å². The number of unbranched alkanes of at least 4 members (excludes halogenated alkanes) is 2. The van der Waals surface area contributed by atoms with Crippen molar-refractivity contribution >= 4 is 0 Å². The maximum Gasteiger partial charge on any atom is 0.0782 e. The van der Waals surface area contributed by atoms with Crippen LogP contribution in [0.5, 0.6) is 0 Å². The molecule has 0 saturated heterocycles. The van der Waals surface area contributed by atoms with E-state index in [1.54, 1.807) is 0 Å². The molecule has 0 spiro atoms. The number of quaternary nitrogens is 1. The quantitative estimate of drug-likeness (QED) is 0.654. The van der Waals surface area contributed by atoms with Crippen LogP contribution >= 0.6 is 0 Å². The van der Waals surface area contributed by atoms with Gasteiger partial charge in [-0.1, -0.05) is 60.8 Å². The number of halogens is 1. The van der Waals surface area contributed by atoms with Crippen molar-refractivity contribution in [1.82, 2.24) is 0 Å². The molecule has 0 saturated carbocycles. The molecule has 1 nitrogen and oxygen atoms in total. The summed E-state index contributed by atoms with van der Waals surface area (Å²) in [6.07, 6.45) is 6.67. The SMILES string of the molecule is CCC(C)(C)C.CCCC[N+](C)(C)CCCC.[Cl-]. The molecular weight excluding hydrogens is 242 g/mol. The summed E-state index contributed by atoms with van der Waals surface area (Å²) >= 11 is 0. The number of hydrogen-bond acceptors (Lipinski definition) is 0. The summed E-state index contributed by atoms with van der Waals surface area (Å²) < 4.78 is 1.21. The van der Waals surface area contributed by atoms with E-state index < -0.39 is 0 Å². The Morgan fingerprint density at radius 3 is 1.22 bits per heavy atom. The molecule has 0 aromatic carbocycles. The van der Waals surface area contributed by atoms with Gasteiger partial charge in [-0.15, -0.1) is 0 Å². The molecule has 0 aromatic rings. The van der Waals surface area contributed by atoms with Gasteiger partial charge < -0.3 is 16.9 Å². The molecule has 0 unspecified atom stereocenters. The molecule has 0 rings (SSSR count). The van der Waals surface area contributed by atoms with Gasteiger partial charge in [-0.3, -0.25) is 0 Å². The van der Waals surface area contributed by atoms with Crippen LogP contribution in [0.3, 0.4) is 0 Å². The van der Waals surface area contributed by atoms with E-state index in [4.69, 9.17) is 0 Å². The number of rotatable bonds is 6. The van der Waals surface area contributed by atoms with Gasteiger partial charge in [-0.2, -0.15) is 0 Å². The second-order valence-corrected chi connectivity index (χ2v) is 7.00. The van der Waals surface area contributed by atoms with Crippen molar-refractivity contribution in [1.29, 1.82) is 0 Å². The average Bonchev–Trinajstić information content (AvgIpc) is 2.24. The Kier molecular flexibility index (Phi) is 15.9. The highest BCUT2D eigenvalue weighted by molar-refractivity contribution is 4.55. The van der Waals surface area contributed by atoms with Gasteiger partial charge in [-0.25, -0.2) is 0 Å². The third-order valence-electron chi connectivity index (χ3n) is 3.29. The van der Waals surface area contributed by atoms with E-state index in [1.165, 1.54) is 49.7 Å². The predicted octanol–water partition coefficient (Wildman–Crippen LogP) is 2.11. The fourth-order valence-corrected chi connectivity index (χ4v) is 1.28. The minimum absolute atomic E-state index is 0. The van der Waals surface area contributed by atoms with Crippen molar-refractivity contribution < 1.29 is 16.9 Å². The first-order valence-corrected chi connectivity index (χ1v) is 7.50. The molecule has 0 aliphatic rings. The lowest BCUT2D eigenvalue weighted by Gasteiger charge is -2.29. The molecule has 18 heavy (non-hydrogen) atoms. The molecule has 0 N–H and O–H groups in total. The summed E-state index contributed by atoms with van der Waals surface area (Å²) in [4.78, 5) is 0. The van der Waals surface area contributed by atoms with E-state index in [1.807, 2.05) is 0 Å². The Morgan fingerprint density at radius 1 is 0.778 bits per heavy atom. The predicted molar refractivity (Wildman–Crippen MR) is 81.4 cm³/mol. The van der Waals surface area contributed by atoms with Crippen LogP contribution in [0.2, 0.25) is 0 Å². The van der Waals surface area contributed by atoms with Crippen molar-refractivity contribution in [3.8, 4) is 0 Å². The van der Waals surface area contributed by atoms with Crippen LogP contribution in [0.4, 0.5) is 0 Å². The smallest absolute Gasteiger partial charge is 0.0782 e. The van der Waals surface area contributed by atoms with Crippen molar-refractivity contribution in [2.24, 2.45) is 5.41 Å². The van der Waals surface area contributed by atoms with Gasteiger partial charge >= 0.3 is 0 Å². The van der Waals surface area contributed by atoms with Gasteiger partial charge in [-0.05, 0) is 18.3 Å². The highest BCUT2D eigenvalue weighted by Crippen LogP contribution is 2.16. The lowest BCUT2D eigenvalue weighted by atomic mass is 9.94. The van der Waals surface area contributed by atoms with Gasteiger partial charge in [0, 0.05) is 0 Å². The first-order valence-electron chi connectivity index (χ1n) is 7.50. The zero-order valence-electron chi connectivity index (χ0n) is 14.3. The lowest BCUT2D eigenvalue weighted by molar-refractivity contribution is -0.890. The monoisotopic (exact) mass is 279 g/mol. The van der Waals surface area contributed by atoms with Gasteiger partial charge in [0.2, 0.25) is 0 Å². The van der Waals surface area contributed by atoms with Crippen LogP contribution in [-0.4, -0.2) is 31.7 Å². The normalized spacial score (nSPS) is 11.3. The van der Waals surface area contributed by atoms with Crippen molar-refractivity contribution in [2.45, 2.75) is 73.6 Å². The lowest BCUT2D eigenvalue weighted by Crippen LogP contribution is -3.00. The van der Waals surface area contributed by atoms with E-state index in [0.717, 1.165) is 0 Å². The molecule has 2 heteroatoms. The third kappa shape index (κ3) is 21.5. The van der Waals surface area contributed by atoms with Gasteiger partial charge in [0.15, 0.2) is 0 Å². The fourth-order valence-electron chi connectivity index (χ4n) is 1.28. The van der Waals surface area contributed by atoms with E-state index in [9.17, 15) is 0 Å². The van der Waals surface area contributed by atoms with E-state index in [-0.39, 0.29) is 12.4 Å². The molecule has 0 fully saturated rings. The largest absolute Gasteiger partial charge is 1.00 e. The Hall–Kier alpha value is 0.250. The van der Waals surface area contributed by atoms with Crippen LogP contribution < -0.4 is 12.4 Å². The van der Waals surface area contributed by atoms with E-state index in [2.05, 4.69) is 55.6 Å². The molecule has 0 amide bonds. The first-order chi connectivity index (χ1) is 7.68. The minimum Gasteiger partial charge on any atom is -1.00 e. The average molecular weight is 280 g/mol. The van der Waals surface area contributed by atoms with Crippen molar-refractivity contribution in [3.05, 3.63) is 0 Å². The van der Waals surface area contributed by atoms with Crippen LogP contribution in [0.15, 0.2) is 0 Å². The second kappa shape index (κ2) is 12.3. The number of nitrogens with zero attached hydrogens (tertiary/aromatic N) is 1. The molecule has 0 atom stereocenters. The molecule has 0 bridgehead atoms. The maximum absolute atomic E-state index is 2.34. The highest BCUT2D eigenvalue weighted by atomic mass is 35.5. The first kappa shape index (κ1) is 23.4. The summed E-state index contributed by atoms with van der Waals surface area (Å²) in [6, 6.07) is 0. The maximum atomic E-state index is 2.34. The Bertz CT molecular complexity index is 149. The summed E-state index contributed by atoms with van der Waals surface area (Å²) in [5.74, 6) is 0. The standard InChI is InChI=1S/C10H24N.C6H14.ClH/c1-5-7-9-11(3,4)10-8-6-2;1-5-6(2,3)4;/h5-10H2,1-4H3;5H2,1-4H3;1H/q+1;;/p-1. The zero-order chi connectivity index (χ0) is 13.9. The summed E-state index contributed by atoms with van der Waals surface area (Å²) in [5, 5.41) is 0. The topological polar surface area (TPSA) is 0 Å². The fraction of sp³-hybridized carbons (Fsp3) is 1.00. The van der Waals surface area contributed by atoms with E-state index in [0.29, 0.717) is 5.41 Å². The Labute approximate surface area is 123 Å². The van der Waals surface area contributed by atoms with Gasteiger partial charge in [0.05, 0.1) is 27.2 Å². The molecule has 0 radical (unpaired) electrons. The summed E-state index contributed by atoms with van der Waals surface area (Å²) in [7, 11) is 4.68. The minimum atomic E-state index is 0. The molecule has 0 heterocycles. The van der Waals surface area contributed by atoms with Crippen molar-refractivity contribution in [2.75, 3.05) is 27.2 Å². The molecule has 0 aliphatic carbocycles. The third-order valence-corrected chi connectivity index (χ3v) is 3.29. The van der Waals surface area contributed by atoms with Gasteiger partial charge in [0.1, 0.15) is 0 Å². The molecule has 0 aliphatic heterocycles. The van der Waals surface area contributed by atoms with Gasteiger partial charge in [0.25, 0.3) is 0 Å². The number of hydrogen-bond donors (Lipinski definition) is 0. The molecular formula is C16H38ClN. The van der Waals surface area contributed by atoms with E-state index >= 15 is 0 Å². The molecule has 0 aromatic heterocycles. The molecule has 114 valence electrons. The zero-order valence-corrected chi connectivity index (χ0v) is 15.0. The second-order valence-electron chi connectivity index (χ2n) is 7.00. The van der Waals surface area contributed by atoms with Crippen LogP contribution in [0.25, 0.3) is 0 Å².